The Morgan fingerprint density at radius 2 is 1.85 bits per heavy atom. The van der Waals surface area contributed by atoms with Crippen molar-refractivity contribution in [1.29, 1.82) is 0 Å². The molecule has 0 aromatic carbocycles. The van der Waals surface area contributed by atoms with Crippen molar-refractivity contribution in [2.75, 3.05) is 0 Å². The first kappa shape index (κ1) is 18.2. The Labute approximate surface area is 162 Å². The van der Waals surface area contributed by atoms with Gasteiger partial charge in [-0.3, -0.25) is 0 Å². The van der Waals surface area contributed by atoms with E-state index in [9.17, 15) is 10.2 Å². The van der Waals surface area contributed by atoms with E-state index in [-0.39, 0.29) is 6.61 Å². The van der Waals surface area contributed by atoms with Crippen LogP contribution in [0.25, 0.3) is 0 Å². The van der Waals surface area contributed by atoms with Gasteiger partial charge in [-0.2, -0.15) is 0 Å². The van der Waals surface area contributed by atoms with Gasteiger partial charge in [-0.15, -0.1) is 0 Å². The van der Waals surface area contributed by atoms with Gasteiger partial charge in [-0.05, 0) is 99.7 Å². The van der Waals surface area contributed by atoms with Crippen molar-refractivity contribution < 1.29 is 14.7 Å². The Morgan fingerprint density at radius 1 is 1.04 bits per heavy atom. The van der Waals surface area contributed by atoms with Gasteiger partial charge in [-0.25, -0.2) is 0 Å². The largest absolute Gasteiger partial charge is 0.390 e. The molecule has 4 aliphatic rings. The van der Waals surface area contributed by atoms with Crippen molar-refractivity contribution in [2.24, 2.45) is 35.0 Å². The van der Waals surface area contributed by atoms with Crippen molar-refractivity contribution in [1.82, 2.24) is 5.16 Å². The molecule has 0 saturated heterocycles. The van der Waals surface area contributed by atoms with Crippen LogP contribution in [0.1, 0.15) is 89.0 Å². The average molecular weight is 374 g/mol. The maximum absolute atomic E-state index is 10.6. The van der Waals surface area contributed by atoms with E-state index in [4.69, 9.17) is 4.52 Å². The van der Waals surface area contributed by atoms with Crippen LogP contribution in [-0.2, 0) is 6.61 Å². The molecule has 0 spiro atoms. The lowest BCUT2D eigenvalue weighted by atomic mass is 9.49. The number of aliphatic hydroxyl groups is 2. The van der Waals surface area contributed by atoms with E-state index in [2.05, 4.69) is 12.1 Å². The second-order valence-corrected chi connectivity index (χ2v) is 10.7. The zero-order valence-electron chi connectivity index (χ0n) is 16.9. The highest BCUT2D eigenvalue weighted by atomic mass is 16.5. The summed E-state index contributed by atoms with van der Waals surface area (Å²) in [4.78, 5) is 0. The normalized spacial score (nSPS) is 49.3. The predicted molar refractivity (Wildman–Crippen MR) is 103 cm³/mol. The standard InChI is InChI=1S/C23H35NO3/c1-22(26)9-7-16-14(12-22)3-4-18-17(16)8-10-23(2)19(18)5-6-20(23)21-11-15(13-25)27-24-21/h11,14,16-20,25-26H,3-10,12-13H2,1-2H3/t14-,16+,17-,18-,19+,20-,22-,23+/m1/s1. The smallest absolute Gasteiger partial charge is 0.162 e. The van der Waals surface area contributed by atoms with Gasteiger partial charge in [-0.1, -0.05) is 12.1 Å². The van der Waals surface area contributed by atoms with Gasteiger partial charge in [0, 0.05) is 12.0 Å². The van der Waals surface area contributed by atoms with E-state index in [0.717, 1.165) is 48.1 Å². The Balaban J connectivity index is 1.37. The van der Waals surface area contributed by atoms with Gasteiger partial charge >= 0.3 is 0 Å². The van der Waals surface area contributed by atoms with Crippen LogP contribution in [-0.4, -0.2) is 21.0 Å². The molecule has 5 rings (SSSR count). The number of nitrogens with zero attached hydrogens (tertiary/aromatic N) is 1. The molecule has 27 heavy (non-hydrogen) atoms. The summed E-state index contributed by atoms with van der Waals surface area (Å²) < 4.78 is 5.32. The first-order chi connectivity index (χ1) is 12.9. The fourth-order valence-electron chi connectivity index (χ4n) is 8.14. The van der Waals surface area contributed by atoms with E-state index in [1.165, 1.54) is 44.9 Å². The quantitative estimate of drug-likeness (QED) is 0.791. The zero-order chi connectivity index (χ0) is 18.8. The molecular weight excluding hydrogens is 338 g/mol. The van der Waals surface area contributed by atoms with Crippen LogP contribution >= 0.6 is 0 Å². The molecule has 0 aliphatic heterocycles. The Morgan fingerprint density at radius 3 is 2.63 bits per heavy atom. The molecule has 0 unspecified atom stereocenters. The maximum Gasteiger partial charge on any atom is 0.162 e. The molecule has 4 saturated carbocycles. The lowest BCUT2D eigenvalue weighted by molar-refractivity contribution is -0.0960. The number of hydrogen-bond acceptors (Lipinski definition) is 4. The van der Waals surface area contributed by atoms with Crippen LogP contribution in [0.15, 0.2) is 10.6 Å². The summed E-state index contributed by atoms with van der Waals surface area (Å²) in [7, 11) is 0. The molecule has 4 heteroatoms. The van der Waals surface area contributed by atoms with Gasteiger partial charge in [0.25, 0.3) is 0 Å². The van der Waals surface area contributed by atoms with Crippen LogP contribution < -0.4 is 0 Å². The number of rotatable bonds is 2. The molecule has 0 amide bonds. The number of hydrogen-bond donors (Lipinski definition) is 2. The Hall–Kier alpha value is -0.870. The van der Waals surface area contributed by atoms with Crippen LogP contribution in [0.3, 0.4) is 0 Å². The fraction of sp³-hybridized carbons (Fsp3) is 0.870. The van der Waals surface area contributed by atoms with E-state index >= 15 is 0 Å². The maximum atomic E-state index is 10.6. The molecule has 1 heterocycles. The van der Waals surface area contributed by atoms with Crippen molar-refractivity contribution in [3.8, 4) is 0 Å². The van der Waals surface area contributed by atoms with Crippen molar-refractivity contribution in [3.63, 3.8) is 0 Å². The van der Waals surface area contributed by atoms with Gasteiger partial charge in [0.05, 0.1) is 11.3 Å². The number of fused-ring (bicyclic) bond motifs is 5. The summed E-state index contributed by atoms with van der Waals surface area (Å²) in [5.74, 6) is 5.22. The third-order valence-electron chi connectivity index (χ3n) is 9.33. The van der Waals surface area contributed by atoms with Gasteiger partial charge in [0.1, 0.15) is 6.61 Å². The number of aromatic nitrogens is 1. The van der Waals surface area contributed by atoms with Gasteiger partial charge in [0.15, 0.2) is 5.76 Å². The van der Waals surface area contributed by atoms with Crippen molar-refractivity contribution in [2.45, 2.75) is 89.8 Å². The first-order valence-corrected chi connectivity index (χ1v) is 11.2. The van der Waals surface area contributed by atoms with Crippen molar-refractivity contribution in [3.05, 3.63) is 17.5 Å². The lowest BCUT2D eigenvalue weighted by Crippen LogP contribution is -2.50. The summed E-state index contributed by atoms with van der Waals surface area (Å²) in [6.07, 6.45) is 11.1. The third kappa shape index (κ3) is 2.81. The minimum absolute atomic E-state index is 0.0581. The second-order valence-electron chi connectivity index (χ2n) is 10.7. The summed E-state index contributed by atoms with van der Waals surface area (Å²) in [5, 5.41) is 24.2. The highest BCUT2D eigenvalue weighted by molar-refractivity contribution is 5.19. The van der Waals surface area contributed by atoms with Crippen LogP contribution in [0.5, 0.6) is 0 Å². The summed E-state index contributed by atoms with van der Waals surface area (Å²) in [6.45, 7) is 4.50. The minimum Gasteiger partial charge on any atom is -0.390 e. The first-order valence-electron chi connectivity index (χ1n) is 11.2. The molecule has 4 fully saturated rings. The lowest BCUT2D eigenvalue weighted by Gasteiger charge is -2.56. The summed E-state index contributed by atoms with van der Waals surface area (Å²) in [5.41, 5.74) is 0.981. The third-order valence-corrected chi connectivity index (χ3v) is 9.33. The number of aliphatic hydroxyl groups excluding tert-OH is 1. The fourth-order valence-corrected chi connectivity index (χ4v) is 8.14. The molecule has 0 radical (unpaired) electrons. The molecule has 150 valence electrons. The van der Waals surface area contributed by atoms with Gasteiger partial charge in [0.2, 0.25) is 0 Å². The van der Waals surface area contributed by atoms with E-state index < -0.39 is 5.60 Å². The molecular formula is C23H35NO3. The molecule has 4 nitrogen and oxygen atoms in total. The van der Waals surface area contributed by atoms with Crippen molar-refractivity contribution >= 4 is 0 Å². The summed E-state index contributed by atoms with van der Waals surface area (Å²) >= 11 is 0. The molecule has 1 aromatic heterocycles. The molecule has 1 aromatic rings. The van der Waals surface area contributed by atoms with E-state index in [1.54, 1.807) is 0 Å². The van der Waals surface area contributed by atoms with Crippen LogP contribution in [0.2, 0.25) is 0 Å². The van der Waals surface area contributed by atoms with Crippen LogP contribution in [0.4, 0.5) is 0 Å². The predicted octanol–water partition coefficient (Wildman–Crippen LogP) is 4.65. The monoisotopic (exact) mass is 373 g/mol. The molecule has 8 atom stereocenters. The molecule has 0 bridgehead atoms. The second kappa shape index (κ2) is 6.32. The topological polar surface area (TPSA) is 66.5 Å². The Kier molecular flexibility index (Phi) is 4.25. The SMILES string of the molecule is C[C@@]1(O)CC[C@H]2[C@H](CC[C@@H]3[C@@H]2CC[C@]2(C)[C@@H](c4cc(CO)on4)CC[C@@H]32)C1. The average Bonchev–Trinajstić information content (AvgIpc) is 3.23. The molecule has 4 aliphatic carbocycles. The minimum atomic E-state index is -0.424. The highest BCUT2D eigenvalue weighted by Crippen LogP contribution is 2.66. The van der Waals surface area contributed by atoms with E-state index in [1.807, 2.05) is 13.0 Å². The summed E-state index contributed by atoms with van der Waals surface area (Å²) in [6, 6.07) is 1.99. The Bertz CT molecular complexity index is 698. The highest BCUT2D eigenvalue weighted by Gasteiger charge is 2.58. The zero-order valence-corrected chi connectivity index (χ0v) is 16.9. The van der Waals surface area contributed by atoms with Gasteiger partial charge < -0.3 is 14.7 Å². The van der Waals surface area contributed by atoms with Crippen LogP contribution in [0, 0.1) is 35.0 Å². The molecule has 2 N–H and O–H groups in total. The van der Waals surface area contributed by atoms with E-state index in [0.29, 0.717) is 17.1 Å².